The highest BCUT2D eigenvalue weighted by Crippen LogP contribution is 2.18. The number of Topliss-reactive ketones (excluding diaryl/α,β-unsaturated/α-hetero) is 1. The summed E-state index contributed by atoms with van der Waals surface area (Å²) in [7, 11) is 0. The minimum absolute atomic E-state index is 0.0787. The summed E-state index contributed by atoms with van der Waals surface area (Å²) >= 11 is 0. The third-order valence-corrected chi connectivity index (χ3v) is 2.39. The van der Waals surface area contributed by atoms with Crippen molar-refractivity contribution in [3.8, 4) is 0 Å². The van der Waals surface area contributed by atoms with Crippen LogP contribution in [0.2, 0.25) is 0 Å². The zero-order chi connectivity index (χ0) is 9.97. The van der Waals surface area contributed by atoms with Crippen LogP contribution < -0.4 is 11.1 Å². The van der Waals surface area contributed by atoms with Crippen LogP contribution in [-0.4, -0.2) is 18.4 Å². The molecule has 0 bridgehead atoms. The van der Waals surface area contributed by atoms with Gasteiger partial charge in [0.25, 0.3) is 0 Å². The summed E-state index contributed by atoms with van der Waals surface area (Å²) in [5, 5.41) is 3.18. The number of nitrogens with two attached hydrogens (primary N) is 1. The number of nitrogens with one attached hydrogen (secondary N) is 1. The minimum Gasteiger partial charge on any atom is -0.398 e. The van der Waals surface area contributed by atoms with Gasteiger partial charge in [-0.25, -0.2) is 0 Å². The Morgan fingerprint density at radius 1 is 1.43 bits per heavy atom. The molecule has 0 atom stereocenters. The molecule has 1 saturated carbocycles. The maximum Gasteiger partial charge on any atom is 0.178 e. The molecule has 0 radical (unpaired) electrons. The standard InChI is InChI=1S/C11H14N2O/c12-10-4-2-1-3-9(10)11(14)7-13-8-5-6-8/h1-4,8,13H,5-7,12H2. The van der Waals surface area contributed by atoms with Crippen LogP contribution in [0.3, 0.4) is 0 Å². The topological polar surface area (TPSA) is 55.1 Å². The molecule has 0 aliphatic heterocycles. The number of para-hydroxylation sites is 1. The van der Waals surface area contributed by atoms with E-state index in [0.29, 0.717) is 23.8 Å². The Bertz CT molecular complexity index is 345. The largest absolute Gasteiger partial charge is 0.398 e. The first-order valence-electron chi connectivity index (χ1n) is 4.88. The van der Waals surface area contributed by atoms with Crippen LogP contribution in [0.15, 0.2) is 24.3 Å². The van der Waals surface area contributed by atoms with Crippen LogP contribution in [0.25, 0.3) is 0 Å². The van der Waals surface area contributed by atoms with E-state index in [0.717, 1.165) is 0 Å². The second-order valence-corrected chi connectivity index (χ2v) is 3.67. The van der Waals surface area contributed by atoms with Gasteiger partial charge in [0, 0.05) is 17.3 Å². The first-order chi connectivity index (χ1) is 6.77. The van der Waals surface area contributed by atoms with Gasteiger partial charge < -0.3 is 11.1 Å². The molecule has 0 heterocycles. The van der Waals surface area contributed by atoms with E-state index < -0.39 is 0 Å². The Labute approximate surface area is 83.3 Å². The van der Waals surface area contributed by atoms with E-state index in [1.165, 1.54) is 12.8 Å². The number of carbonyl (C=O) groups is 1. The van der Waals surface area contributed by atoms with Gasteiger partial charge in [-0.15, -0.1) is 0 Å². The molecule has 14 heavy (non-hydrogen) atoms. The van der Waals surface area contributed by atoms with Gasteiger partial charge in [-0.05, 0) is 25.0 Å². The van der Waals surface area contributed by atoms with Crippen molar-refractivity contribution in [2.75, 3.05) is 12.3 Å². The maximum atomic E-state index is 11.7. The Morgan fingerprint density at radius 3 is 2.79 bits per heavy atom. The summed E-state index contributed by atoms with van der Waals surface area (Å²) in [6, 6.07) is 7.75. The third kappa shape index (κ3) is 2.12. The quantitative estimate of drug-likeness (QED) is 0.554. The first kappa shape index (κ1) is 9.21. The predicted octanol–water partition coefficient (Wildman–Crippen LogP) is 1.20. The minimum atomic E-state index is 0.0787. The lowest BCUT2D eigenvalue weighted by Crippen LogP contribution is -2.25. The second-order valence-electron chi connectivity index (χ2n) is 3.67. The number of benzene rings is 1. The van der Waals surface area contributed by atoms with Gasteiger partial charge in [0.15, 0.2) is 5.78 Å². The van der Waals surface area contributed by atoms with E-state index in [1.807, 2.05) is 12.1 Å². The van der Waals surface area contributed by atoms with E-state index in [1.54, 1.807) is 12.1 Å². The molecular weight excluding hydrogens is 176 g/mol. The fourth-order valence-electron chi connectivity index (χ4n) is 1.37. The molecule has 0 amide bonds. The third-order valence-electron chi connectivity index (χ3n) is 2.39. The van der Waals surface area contributed by atoms with Crippen LogP contribution in [0.5, 0.6) is 0 Å². The summed E-state index contributed by atoms with van der Waals surface area (Å²) in [5.41, 5.74) is 6.89. The summed E-state index contributed by atoms with van der Waals surface area (Å²) in [5.74, 6) is 0.0787. The lowest BCUT2D eigenvalue weighted by molar-refractivity contribution is 0.0991. The number of hydrogen-bond donors (Lipinski definition) is 2. The van der Waals surface area contributed by atoms with Crippen LogP contribution >= 0.6 is 0 Å². The molecule has 74 valence electrons. The fourth-order valence-corrected chi connectivity index (χ4v) is 1.37. The van der Waals surface area contributed by atoms with Crippen molar-refractivity contribution in [2.24, 2.45) is 0 Å². The number of hydrogen-bond acceptors (Lipinski definition) is 3. The zero-order valence-electron chi connectivity index (χ0n) is 7.99. The summed E-state index contributed by atoms with van der Waals surface area (Å²) in [4.78, 5) is 11.7. The van der Waals surface area contributed by atoms with Crippen molar-refractivity contribution < 1.29 is 4.79 Å². The van der Waals surface area contributed by atoms with E-state index in [4.69, 9.17) is 5.73 Å². The molecule has 1 fully saturated rings. The molecule has 3 N–H and O–H groups in total. The number of carbonyl (C=O) groups excluding carboxylic acids is 1. The molecule has 1 aromatic rings. The van der Waals surface area contributed by atoms with Crippen molar-refractivity contribution >= 4 is 11.5 Å². The zero-order valence-corrected chi connectivity index (χ0v) is 7.99. The highest BCUT2D eigenvalue weighted by atomic mass is 16.1. The van der Waals surface area contributed by atoms with Gasteiger partial charge in [0.2, 0.25) is 0 Å². The molecule has 3 heteroatoms. The number of anilines is 1. The van der Waals surface area contributed by atoms with Gasteiger partial charge in [0.1, 0.15) is 0 Å². The van der Waals surface area contributed by atoms with Crippen molar-refractivity contribution in [1.82, 2.24) is 5.32 Å². The molecule has 0 unspecified atom stereocenters. The van der Waals surface area contributed by atoms with Gasteiger partial charge in [0.05, 0.1) is 6.54 Å². The number of nitrogen functional groups attached to an aromatic ring is 1. The van der Waals surface area contributed by atoms with E-state index in [9.17, 15) is 4.79 Å². The molecule has 0 saturated heterocycles. The maximum absolute atomic E-state index is 11.7. The van der Waals surface area contributed by atoms with Gasteiger partial charge in [-0.1, -0.05) is 12.1 Å². The van der Waals surface area contributed by atoms with Crippen LogP contribution in [-0.2, 0) is 0 Å². The van der Waals surface area contributed by atoms with Crippen molar-refractivity contribution in [3.63, 3.8) is 0 Å². The van der Waals surface area contributed by atoms with E-state index in [-0.39, 0.29) is 5.78 Å². The summed E-state index contributed by atoms with van der Waals surface area (Å²) in [6.45, 7) is 0.402. The molecule has 1 aromatic carbocycles. The van der Waals surface area contributed by atoms with Crippen LogP contribution in [0.4, 0.5) is 5.69 Å². The Hall–Kier alpha value is -1.35. The van der Waals surface area contributed by atoms with Gasteiger partial charge in [-0.3, -0.25) is 4.79 Å². The molecule has 3 nitrogen and oxygen atoms in total. The normalized spacial score (nSPS) is 15.4. The highest BCUT2D eigenvalue weighted by molar-refractivity contribution is 6.02. The number of ketones is 1. The van der Waals surface area contributed by atoms with Crippen molar-refractivity contribution in [2.45, 2.75) is 18.9 Å². The molecule has 0 aromatic heterocycles. The molecular formula is C11H14N2O. The average Bonchev–Trinajstić information content (AvgIpc) is 2.98. The van der Waals surface area contributed by atoms with E-state index in [2.05, 4.69) is 5.32 Å². The summed E-state index contributed by atoms with van der Waals surface area (Å²) in [6.07, 6.45) is 2.38. The molecule has 0 spiro atoms. The molecule has 1 aliphatic carbocycles. The van der Waals surface area contributed by atoms with E-state index >= 15 is 0 Å². The molecule has 1 aliphatic rings. The van der Waals surface area contributed by atoms with Gasteiger partial charge >= 0.3 is 0 Å². The SMILES string of the molecule is Nc1ccccc1C(=O)CNC1CC1. The lowest BCUT2D eigenvalue weighted by atomic mass is 10.1. The Morgan fingerprint density at radius 2 is 2.14 bits per heavy atom. The Kier molecular flexibility index (Phi) is 2.50. The van der Waals surface area contributed by atoms with Crippen molar-refractivity contribution in [3.05, 3.63) is 29.8 Å². The molecule has 2 rings (SSSR count). The van der Waals surface area contributed by atoms with Crippen LogP contribution in [0, 0.1) is 0 Å². The smallest absolute Gasteiger partial charge is 0.178 e. The average molecular weight is 190 g/mol. The second kappa shape index (κ2) is 3.80. The predicted molar refractivity (Wildman–Crippen MR) is 56.2 cm³/mol. The Balaban J connectivity index is 1.98. The lowest BCUT2D eigenvalue weighted by Gasteiger charge is -2.04. The van der Waals surface area contributed by atoms with Gasteiger partial charge in [-0.2, -0.15) is 0 Å². The van der Waals surface area contributed by atoms with Crippen molar-refractivity contribution in [1.29, 1.82) is 0 Å². The first-order valence-corrected chi connectivity index (χ1v) is 4.88. The summed E-state index contributed by atoms with van der Waals surface area (Å²) < 4.78 is 0. The van der Waals surface area contributed by atoms with Crippen LogP contribution in [0.1, 0.15) is 23.2 Å². The monoisotopic (exact) mass is 190 g/mol. The fraction of sp³-hybridized carbons (Fsp3) is 0.364. The number of rotatable bonds is 4. The highest BCUT2D eigenvalue weighted by Gasteiger charge is 2.21.